The average molecular weight is 626 g/mol. The molecule has 4 aliphatic rings. The summed E-state index contributed by atoms with van der Waals surface area (Å²) in [6, 6.07) is 6.47. The van der Waals surface area contributed by atoms with Crippen molar-refractivity contribution in [3.8, 4) is 5.75 Å². The van der Waals surface area contributed by atoms with Crippen LogP contribution in [0.1, 0.15) is 54.1 Å². The van der Waals surface area contributed by atoms with Crippen molar-refractivity contribution in [3.63, 3.8) is 0 Å². The molecule has 3 aliphatic heterocycles. The number of fused-ring (bicyclic) bond motifs is 1. The minimum absolute atomic E-state index is 0.0246. The maximum Gasteiger partial charge on any atom is 0.420 e. The van der Waals surface area contributed by atoms with Gasteiger partial charge >= 0.3 is 12.1 Å². The highest BCUT2D eigenvalue weighted by Gasteiger charge is 2.56. The van der Waals surface area contributed by atoms with Crippen LogP contribution < -0.4 is 9.64 Å². The number of halogens is 5. The van der Waals surface area contributed by atoms with E-state index in [0.717, 1.165) is 18.9 Å². The molecule has 1 unspecified atom stereocenters. The van der Waals surface area contributed by atoms with Gasteiger partial charge in [-0.1, -0.05) is 11.6 Å². The highest BCUT2D eigenvalue weighted by atomic mass is 35.5. The fraction of sp³-hybridized carbons (Fsp3) is 0.533. The third kappa shape index (κ3) is 5.64. The van der Waals surface area contributed by atoms with E-state index in [2.05, 4.69) is 9.80 Å². The molecule has 0 bridgehead atoms. The van der Waals surface area contributed by atoms with Gasteiger partial charge in [0.25, 0.3) is 5.91 Å². The van der Waals surface area contributed by atoms with Crippen molar-refractivity contribution in [2.75, 3.05) is 37.9 Å². The number of hydrogen-bond acceptors (Lipinski definition) is 6. The van der Waals surface area contributed by atoms with Crippen LogP contribution in [0.25, 0.3) is 0 Å². The van der Waals surface area contributed by atoms with Gasteiger partial charge in [-0.2, -0.15) is 13.2 Å². The first kappa shape index (κ1) is 30.0. The van der Waals surface area contributed by atoms with Gasteiger partial charge in [0.05, 0.1) is 24.3 Å². The monoisotopic (exact) mass is 625 g/mol. The number of aromatic carboxylic acids is 1. The van der Waals surface area contributed by atoms with Crippen molar-refractivity contribution >= 4 is 29.2 Å². The fourth-order valence-electron chi connectivity index (χ4n) is 6.78. The predicted octanol–water partition coefficient (Wildman–Crippen LogP) is 5.41. The Labute approximate surface area is 251 Å². The highest BCUT2D eigenvalue weighted by molar-refractivity contribution is 6.30. The fourth-order valence-corrected chi connectivity index (χ4v) is 7.02. The van der Waals surface area contributed by atoms with Gasteiger partial charge in [-0.05, 0) is 68.9 Å². The molecule has 2 saturated heterocycles. The van der Waals surface area contributed by atoms with Crippen molar-refractivity contribution in [1.29, 1.82) is 0 Å². The Balaban J connectivity index is 1.12. The van der Waals surface area contributed by atoms with E-state index in [1.165, 1.54) is 23.1 Å². The summed E-state index contributed by atoms with van der Waals surface area (Å²) in [6.45, 7) is 3.99. The number of rotatable bonds is 5. The second-order valence-electron chi connectivity index (χ2n) is 11.9. The lowest BCUT2D eigenvalue weighted by atomic mass is 9.85. The molecule has 13 heteroatoms. The standard InChI is InChI=1S/C30H32ClF4N3O5/c1-17-13-36(8-9-38(17)21-4-5-25(32)23(12-21)27(39)40)22-6-7-29(43-15-22,19-2-3-19)28(41)37-14-18-10-20(31)11-24(30(33,34)35)26(18)42-16-37/h4-5,10-12,17,19,22H,2-3,6-9,13-16H2,1H3,(H,39,40)/t17-,22?,29-/m0/s1. The summed E-state index contributed by atoms with van der Waals surface area (Å²) in [5.41, 5.74) is -1.50. The van der Waals surface area contributed by atoms with Gasteiger partial charge < -0.3 is 24.4 Å². The number of carbonyl (C=O) groups is 2. The number of carboxylic acids is 1. The normalized spacial score (nSPS) is 26.6. The lowest BCUT2D eigenvalue weighted by Gasteiger charge is -2.48. The van der Waals surface area contributed by atoms with Gasteiger partial charge in [-0.15, -0.1) is 0 Å². The molecule has 3 atom stereocenters. The first-order valence-corrected chi connectivity index (χ1v) is 14.7. The zero-order valence-corrected chi connectivity index (χ0v) is 24.3. The van der Waals surface area contributed by atoms with E-state index in [1.54, 1.807) is 6.07 Å². The van der Waals surface area contributed by atoms with Gasteiger partial charge in [-0.25, -0.2) is 9.18 Å². The smallest absolute Gasteiger partial charge is 0.420 e. The number of alkyl halides is 3. The predicted molar refractivity (Wildman–Crippen MR) is 149 cm³/mol. The maximum atomic E-state index is 13.9. The lowest BCUT2D eigenvalue weighted by Crippen LogP contribution is -2.61. The van der Waals surface area contributed by atoms with Crippen LogP contribution in [0.4, 0.5) is 23.2 Å². The molecule has 3 fully saturated rings. The molecule has 1 amide bonds. The van der Waals surface area contributed by atoms with Crippen molar-refractivity contribution in [1.82, 2.24) is 9.80 Å². The molecule has 1 N–H and O–H groups in total. The van der Waals surface area contributed by atoms with Crippen LogP contribution in [-0.2, 0) is 22.3 Å². The van der Waals surface area contributed by atoms with Gasteiger partial charge in [0.15, 0.2) is 6.73 Å². The molecular weight excluding hydrogens is 594 g/mol. The molecule has 0 aromatic heterocycles. The molecule has 1 saturated carbocycles. The summed E-state index contributed by atoms with van der Waals surface area (Å²) in [6.07, 6.45) is -1.75. The van der Waals surface area contributed by atoms with Gasteiger partial charge in [0.2, 0.25) is 0 Å². The van der Waals surface area contributed by atoms with E-state index in [-0.39, 0.29) is 59.1 Å². The Bertz CT molecular complexity index is 1430. The topological polar surface area (TPSA) is 82.6 Å². The number of piperazine rings is 1. The van der Waals surface area contributed by atoms with Crippen molar-refractivity contribution < 1.29 is 41.7 Å². The number of hydrogen-bond donors (Lipinski definition) is 1. The minimum atomic E-state index is -4.64. The van der Waals surface area contributed by atoms with E-state index >= 15 is 0 Å². The second-order valence-corrected chi connectivity index (χ2v) is 12.3. The number of benzene rings is 2. The Morgan fingerprint density at radius 3 is 2.51 bits per heavy atom. The number of carboxylic acid groups (broad SMARTS) is 1. The molecule has 0 spiro atoms. The molecular formula is C30H32ClF4N3O5. The molecule has 2 aromatic carbocycles. The van der Waals surface area contributed by atoms with Crippen molar-refractivity contribution in [3.05, 3.63) is 57.9 Å². The molecule has 6 rings (SSSR count). The first-order valence-electron chi connectivity index (χ1n) is 14.4. The molecule has 8 nitrogen and oxygen atoms in total. The van der Waals surface area contributed by atoms with Crippen LogP contribution in [0, 0.1) is 11.7 Å². The SMILES string of the molecule is C[C@H]1CN(C2CC[C@@](C(=O)N3COc4c(cc(Cl)cc4C(F)(F)F)C3)(C3CC3)OC2)CCN1c1ccc(F)c(C(=O)O)c1. The van der Waals surface area contributed by atoms with Crippen molar-refractivity contribution in [2.45, 2.75) is 63.0 Å². The molecule has 3 heterocycles. The highest BCUT2D eigenvalue weighted by Crippen LogP contribution is 2.49. The average Bonchev–Trinajstić information content (AvgIpc) is 3.82. The molecule has 2 aromatic rings. The van der Waals surface area contributed by atoms with E-state index in [9.17, 15) is 32.3 Å². The summed E-state index contributed by atoms with van der Waals surface area (Å²) < 4.78 is 66.6. The van der Waals surface area contributed by atoms with E-state index in [0.29, 0.717) is 44.8 Å². The zero-order valence-electron chi connectivity index (χ0n) is 23.5. The second kappa shape index (κ2) is 11.1. The van der Waals surface area contributed by atoms with Gasteiger partial charge in [-0.3, -0.25) is 9.69 Å². The largest absolute Gasteiger partial charge is 0.478 e. The van der Waals surface area contributed by atoms with E-state index < -0.39 is 29.1 Å². The summed E-state index contributed by atoms with van der Waals surface area (Å²) in [7, 11) is 0. The van der Waals surface area contributed by atoms with E-state index in [1.807, 2.05) is 6.92 Å². The number of nitrogens with zero attached hydrogens (tertiary/aromatic N) is 3. The molecule has 43 heavy (non-hydrogen) atoms. The quantitative estimate of drug-likeness (QED) is 0.445. The van der Waals surface area contributed by atoms with Crippen LogP contribution in [-0.4, -0.2) is 77.4 Å². The zero-order chi connectivity index (χ0) is 30.7. The Hall–Kier alpha value is -3.09. The van der Waals surface area contributed by atoms with Crippen molar-refractivity contribution in [2.24, 2.45) is 5.92 Å². The molecule has 1 aliphatic carbocycles. The van der Waals surface area contributed by atoms with Crippen LogP contribution in [0.5, 0.6) is 5.75 Å². The minimum Gasteiger partial charge on any atom is -0.478 e. The maximum absolute atomic E-state index is 13.9. The number of ether oxygens (including phenoxy) is 2. The summed E-state index contributed by atoms with van der Waals surface area (Å²) in [4.78, 5) is 31.1. The number of amides is 1. The van der Waals surface area contributed by atoms with Gasteiger partial charge in [0, 0.05) is 48.0 Å². The Morgan fingerprint density at radius 2 is 1.88 bits per heavy atom. The van der Waals surface area contributed by atoms with Crippen LogP contribution >= 0.6 is 11.6 Å². The van der Waals surface area contributed by atoms with Crippen LogP contribution in [0.3, 0.4) is 0 Å². The third-order valence-electron chi connectivity index (χ3n) is 9.12. The summed E-state index contributed by atoms with van der Waals surface area (Å²) >= 11 is 5.99. The van der Waals surface area contributed by atoms with E-state index in [4.69, 9.17) is 21.1 Å². The lowest BCUT2D eigenvalue weighted by molar-refractivity contribution is -0.180. The number of anilines is 1. The Morgan fingerprint density at radius 1 is 1.12 bits per heavy atom. The first-order chi connectivity index (χ1) is 20.4. The van der Waals surface area contributed by atoms with Gasteiger partial charge in [0.1, 0.15) is 17.2 Å². The molecule has 0 radical (unpaired) electrons. The number of carbonyl (C=O) groups excluding carboxylic acids is 1. The molecule has 232 valence electrons. The van der Waals surface area contributed by atoms with Crippen LogP contribution in [0.15, 0.2) is 30.3 Å². The Kier molecular flexibility index (Phi) is 7.75. The third-order valence-corrected chi connectivity index (χ3v) is 9.34. The van der Waals surface area contributed by atoms with Crippen LogP contribution in [0.2, 0.25) is 5.02 Å². The summed E-state index contributed by atoms with van der Waals surface area (Å²) in [5.74, 6) is -2.60. The summed E-state index contributed by atoms with van der Waals surface area (Å²) in [5, 5.41) is 9.23.